The highest BCUT2D eigenvalue weighted by Crippen LogP contribution is 2.23. The maximum atomic E-state index is 12.9. The Kier molecular flexibility index (Phi) is 2.54. The van der Waals surface area contributed by atoms with Crippen molar-refractivity contribution in [1.29, 1.82) is 0 Å². The largest absolute Gasteiger partial charge is 0.206 e. The molecule has 0 spiro atoms. The van der Waals surface area contributed by atoms with Gasteiger partial charge in [-0.15, -0.1) is 0 Å². The van der Waals surface area contributed by atoms with Crippen LogP contribution in [0.4, 0.5) is 4.39 Å². The fourth-order valence-corrected chi connectivity index (χ4v) is 1.52. The maximum Gasteiger partial charge on any atom is 0.137 e. The van der Waals surface area contributed by atoms with Gasteiger partial charge in [0.2, 0.25) is 0 Å². The standard InChI is InChI=1S/C10H6BrFN2/c11-9-5-7(1-2-10(9)12)8-3-4-13-14-6-8/h1-6H. The normalized spacial score (nSPS) is 10.1. The molecule has 2 nitrogen and oxygen atoms in total. The molecular weight excluding hydrogens is 247 g/mol. The molecule has 0 radical (unpaired) electrons. The van der Waals surface area contributed by atoms with Crippen LogP contribution in [0.25, 0.3) is 11.1 Å². The van der Waals surface area contributed by atoms with Gasteiger partial charge in [0.15, 0.2) is 0 Å². The lowest BCUT2D eigenvalue weighted by Crippen LogP contribution is -1.84. The molecule has 0 atom stereocenters. The van der Waals surface area contributed by atoms with Crippen LogP contribution in [0.5, 0.6) is 0 Å². The van der Waals surface area contributed by atoms with Crippen LogP contribution >= 0.6 is 15.9 Å². The van der Waals surface area contributed by atoms with Gasteiger partial charge in [-0.1, -0.05) is 6.07 Å². The molecule has 2 rings (SSSR count). The van der Waals surface area contributed by atoms with Gasteiger partial charge in [0.05, 0.1) is 16.9 Å². The molecule has 0 saturated heterocycles. The fraction of sp³-hybridized carbons (Fsp3) is 0. The van der Waals surface area contributed by atoms with E-state index in [4.69, 9.17) is 0 Å². The van der Waals surface area contributed by atoms with Crippen molar-refractivity contribution in [2.75, 3.05) is 0 Å². The topological polar surface area (TPSA) is 25.8 Å². The van der Waals surface area contributed by atoms with Gasteiger partial charge in [-0.2, -0.15) is 10.2 Å². The predicted octanol–water partition coefficient (Wildman–Crippen LogP) is 3.05. The van der Waals surface area contributed by atoms with E-state index in [0.717, 1.165) is 11.1 Å². The van der Waals surface area contributed by atoms with Crippen LogP contribution in [-0.2, 0) is 0 Å². The Morgan fingerprint density at radius 3 is 2.57 bits per heavy atom. The highest BCUT2D eigenvalue weighted by molar-refractivity contribution is 9.10. The second-order valence-corrected chi connectivity index (χ2v) is 3.61. The lowest BCUT2D eigenvalue weighted by Gasteiger charge is -2.01. The number of hydrogen-bond acceptors (Lipinski definition) is 2. The summed E-state index contributed by atoms with van der Waals surface area (Å²) >= 11 is 3.13. The van der Waals surface area contributed by atoms with Crippen LogP contribution in [0.3, 0.4) is 0 Å². The summed E-state index contributed by atoms with van der Waals surface area (Å²) in [7, 11) is 0. The molecule has 1 heterocycles. The Hall–Kier alpha value is -1.29. The first-order valence-electron chi connectivity index (χ1n) is 3.99. The number of aromatic nitrogens is 2. The summed E-state index contributed by atoms with van der Waals surface area (Å²) in [5.41, 5.74) is 1.83. The smallest absolute Gasteiger partial charge is 0.137 e. The highest BCUT2D eigenvalue weighted by atomic mass is 79.9. The van der Waals surface area contributed by atoms with Gasteiger partial charge in [-0.25, -0.2) is 4.39 Å². The first-order chi connectivity index (χ1) is 6.77. The van der Waals surface area contributed by atoms with Crippen LogP contribution in [0.2, 0.25) is 0 Å². The highest BCUT2D eigenvalue weighted by Gasteiger charge is 2.02. The molecule has 0 aliphatic rings. The Balaban J connectivity index is 2.48. The van der Waals surface area contributed by atoms with Crippen molar-refractivity contribution in [3.05, 3.63) is 46.9 Å². The molecule has 14 heavy (non-hydrogen) atoms. The van der Waals surface area contributed by atoms with Crippen molar-refractivity contribution in [3.8, 4) is 11.1 Å². The first kappa shape index (κ1) is 9.27. The van der Waals surface area contributed by atoms with Gasteiger partial charge in [0.1, 0.15) is 5.82 Å². The van der Waals surface area contributed by atoms with Crippen molar-refractivity contribution in [2.24, 2.45) is 0 Å². The zero-order valence-electron chi connectivity index (χ0n) is 7.11. The minimum Gasteiger partial charge on any atom is -0.206 e. The number of hydrogen-bond donors (Lipinski definition) is 0. The monoisotopic (exact) mass is 252 g/mol. The van der Waals surface area contributed by atoms with E-state index < -0.39 is 0 Å². The van der Waals surface area contributed by atoms with Gasteiger partial charge in [0.25, 0.3) is 0 Å². The minimum absolute atomic E-state index is 0.268. The quantitative estimate of drug-likeness (QED) is 0.780. The molecule has 0 saturated carbocycles. The summed E-state index contributed by atoms with van der Waals surface area (Å²) in [4.78, 5) is 0. The molecule has 0 aliphatic carbocycles. The van der Waals surface area contributed by atoms with E-state index >= 15 is 0 Å². The maximum absolute atomic E-state index is 12.9. The third-order valence-corrected chi connectivity index (χ3v) is 2.44. The third kappa shape index (κ3) is 1.80. The van der Waals surface area contributed by atoms with E-state index in [9.17, 15) is 4.39 Å². The number of benzene rings is 1. The molecule has 0 amide bonds. The molecule has 0 bridgehead atoms. The predicted molar refractivity (Wildman–Crippen MR) is 55.1 cm³/mol. The minimum atomic E-state index is -0.268. The van der Waals surface area contributed by atoms with Crippen molar-refractivity contribution >= 4 is 15.9 Å². The summed E-state index contributed by atoms with van der Waals surface area (Å²) in [6.07, 6.45) is 3.24. The summed E-state index contributed by atoms with van der Waals surface area (Å²) < 4.78 is 13.4. The molecule has 1 aromatic carbocycles. The summed E-state index contributed by atoms with van der Waals surface area (Å²) in [5.74, 6) is -0.268. The Morgan fingerprint density at radius 1 is 1.07 bits per heavy atom. The van der Waals surface area contributed by atoms with Gasteiger partial charge >= 0.3 is 0 Å². The van der Waals surface area contributed by atoms with Crippen LogP contribution in [-0.4, -0.2) is 10.2 Å². The second-order valence-electron chi connectivity index (χ2n) is 2.76. The average molecular weight is 253 g/mol. The first-order valence-corrected chi connectivity index (χ1v) is 4.79. The Morgan fingerprint density at radius 2 is 1.93 bits per heavy atom. The lowest BCUT2D eigenvalue weighted by molar-refractivity contribution is 0.621. The number of nitrogens with zero attached hydrogens (tertiary/aromatic N) is 2. The van der Waals surface area contributed by atoms with E-state index in [2.05, 4.69) is 26.1 Å². The van der Waals surface area contributed by atoms with Gasteiger partial charge < -0.3 is 0 Å². The molecule has 2 aromatic rings. The van der Waals surface area contributed by atoms with Gasteiger partial charge in [0, 0.05) is 5.56 Å². The molecule has 1 aromatic heterocycles. The van der Waals surface area contributed by atoms with E-state index in [0.29, 0.717) is 4.47 Å². The second kappa shape index (κ2) is 3.84. The van der Waals surface area contributed by atoms with Gasteiger partial charge in [-0.05, 0) is 39.7 Å². The molecule has 0 aliphatic heterocycles. The summed E-state index contributed by atoms with van der Waals surface area (Å²) in [5, 5.41) is 7.43. The van der Waals surface area contributed by atoms with Crippen LogP contribution in [0, 0.1) is 5.82 Å². The molecule has 4 heteroatoms. The van der Waals surface area contributed by atoms with Crippen LogP contribution < -0.4 is 0 Å². The van der Waals surface area contributed by atoms with Crippen molar-refractivity contribution in [1.82, 2.24) is 10.2 Å². The average Bonchev–Trinajstić information content (AvgIpc) is 2.23. The zero-order chi connectivity index (χ0) is 9.97. The third-order valence-electron chi connectivity index (χ3n) is 1.84. The zero-order valence-corrected chi connectivity index (χ0v) is 8.70. The summed E-state index contributed by atoms with van der Waals surface area (Å²) in [6, 6.07) is 6.66. The van der Waals surface area contributed by atoms with Crippen molar-refractivity contribution in [3.63, 3.8) is 0 Å². The Bertz CT molecular complexity index is 445. The molecule has 70 valence electrons. The fourth-order valence-electron chi connectivity index (χ4n) is 1.14. The van der Waals surface area contributed by atoms with E-state index in [-0.39, 0.29) is 5.82 Å². The van der Waals surface area contributed by atoms with Gasteiger partial charge in [-0.3, -0.25) is 0 Å². The van der Waals surface area contributed by atoms with E-state index in [1.165, 1.54) is 6.07 Å². The Labute approximate surface area is 88.9 Å². The molecular formula is C10H6BrFN2. The van der Waals surface area contributed by atoms with Crippen LogP contribution in [0.1, 0.15) is 0 Å². The number of rotatable bonds is 1. The summed E-state index contributed by atoms with van der Waals surface area (Å²) in [6.45, 7) is 0. The van der Waals surface area contributed by atoms with E-state index in [1.54, 1.807) is 24.5 Å². The van der Waals surface area contributed by atoms with E-state index in [1.807, 2.05) is 6.07 Å². The number of halogens is 2. The SMILES string of the molecule is Fc1ccc(-c2ccnnc2)cc1Br. The van der Waals surface area contributed by atoms with Crippen molar-refractivity contribution < 1.29 is 4.39 Å². The molecule has 0 fully saturated rings. The molecule has 0 N–H and O–H groups in total. The lowest BCUT2D eigenvalue weighted by atomic mass is 10.1. The molecule has 0 unspecified atom stereocenters. The van der Waals surface area contributed by atoms with Crippen molar-refractivity contribution in [2.45, 2.75) is 0 Å². The van der Waals surface area contributed by atoms with Crippen LogP contribution in [0.15, 0.2) is 41.1 Å².